The number of carbonyl (C=O) groups is 3. The number of ether oxygens (including phenoxy) is 1. The lowest BCUT2D eigenvalue weighted by Crippen LogP contribution is -2.41. The van der Waals surface area contributed by atoms with Gasteiger partial charge in [0.25, 0.3) is 0 Å². The molecule has 0 aromatic heterocycles. The molecular weight excluding hydrogens is 292 g/mol. The Morgan fingerprint density at radius 3 is 2.76 bits per heavy atom. The van der Waals surface area contributed by atoms with Gasteiger partial charge in [-0.15, -0.1) is 11.8 Å². The molecule has 0 saturated carbocycles. The SMILES string of the molecule is COC(=O)CNC(=O)CN1C(=O)CSC1c1ccccc1. The third kappa shape index (κ3) is 3.98. The second-order valence-electron chi connectivity index (χ2n) is 4.45. The lowest BCUT2D eigenvalue weighted by Gasteiger charge is -2.23. The maximum atomic E-state index is 11.9. The van der Waals surface area contributed by atoms with E-state index in [1.807, 2.05) is 30.3 Å². The number of benzene rings is 1. The topological polar surface area (TPSA) is 75.7 Å². The summed E-state index contributed by atoms with van der Waals surface area (Å²) >= 11 is 1.49. The van der Waals surface area contributed by atoms with Gasteiger partial charge in [0.2, 0.25) is 11.8 Å². The highest BCUT2D eigenvalue weighted by molar-refractivity contribution is 8.00. The van der Waals surface area contributed by atoms with E-state index >= 15 is 0 Å². The van der Waals surface area contributed by atoms with E-state index in [2.05, 4.69) is 10.1 Å². The smallest absolute Gasteiger partial charge is 0.325 e. The quantitative estimate of drug-likeness (QED) is 0.804. The molecule has 1 aromatic carbocycles. The van der Waals surface area contributed by atoms with Crippen molar-refractivity contribution in [2.75, 3.05) is 26.0 Å². The van der Waals surface area contributed by atoms with Crippen molar-refractivity contribution in [1.29, 1.82) is 0 Å². The number of nitrogens with one attached hydrogen (secondary N) is 1. The van der Waals surface area contributed by atoms with Gasteiger partial charge in [-0.3, -0.25) is 14.4 Å². The lowest BCUT2D eigenvalue weighted by molar-refractivity contribution is -0.141. The second kappa shape index (κ2) is 7.12. The summed E-state index contributed by atoms with van der Waals surface area (Å²) in [7, 11) is 1.25. The van der Waals surface area contributed by atoms with Crippen LogP contribution >= 0.6 is 11.8 Å². The summed E-state index contributed by atoms with van der Waals surface area (Å²) in [6, 6.07) is 9.55. The molecule has 2 rings (SSSR count). The standard InChI is InChI=1S/C14H16N2O4S/c1-20-13(19)7-15-11(17)8-16-12(18)9-21-14(16)10-5-3-2-4-6-10/h2-6,14H,7-9H2,1H3,(H,15,17). The fourth-order valence-electron chi connectivity index (χ4n) is 1.97. The molecule has 0 aliphatic carbocycles. The zero-order valence-corrected chi connectivity index (χ0v) is 12.4. The second-order valence-corrected chi connectivity index (χ2v) is 5.52. The number of thioether (sulfide) groups is 1. The van der Waals surface area contributed by atoms with Gasteiger partial charge >= 0.3 is 5.97 Å². The van der Waals surface area contributed by atoms with Crippen LogP contribution in [0.15, 0.2) is 30.3 Å². The number of hydrogen-bond donors (Lipinski definition) is 1. The third-order valence-corrected chi connectivity index (χ3v) is 4.28. The zero-order chi connectivity index (χ0) is 15.2. The van der Waals surface area contributed by atoms with Crippen molar-refractivity contribution >= 4 is 29.5 Å². The summed E-state index contributed by atoms with van der Waals surface area (Å²) < 4.78 is 4.44. The number of methoxy groups -OCH3 is 1. The van der Waals surface area contributed by atoms with Crippen molar-refractivity contribution in [3.05, 3.63) is 35.9 Å². The first-order chi connectivity index (χ1) is 10.1. The molecule has 1 N–H and O–H groups in total. The molecule has 112 valence electrons. The lowest BCUT2D eigenvalue weighted by atomic mass is 10.2. The molecular formula is C14H16N2O4S. The molecule has 1 aromatic rings. The molecule has 0 bridgehead atoms. The van der Waals surface area contributed by atoms with E-state index in [1.165, 1.54) is 23.8 Å². The van der Waals surface area contributed by atoms with Crippen LogP contribution in [0.1, 0.15) is 10.9 Å². The van der Waals surface area contributed by atoms with Gasteiger partial charge in [-0.1, -0.05) is 30.3 Å². The van der Waals surface area contributed by atoms with Gasteiger partial charge in [0.1, 0.15) is 18.5 Å². The van der Waals surface area contributed by atoms with Crippen LogP contribution < -0.4 is 5.32 Å². The maximum absolute atomic E-state index is 11.9. The van der Waals surface area contributed by atoms with Crippen LogP contribution in [-0.2, 0) is 19.1 Å². The summed E-state index contributed by atoms with van der Waals surface area (Å²) in [5.41, 5.74) is 0.981. The molecule has 21 heavy (non-hydrogen) atoms. The highest BCUT2D eigenvalue weighted by atomic mass is 32.2. The summed E-state index contributed by atoms with van der Waals surface area (Å²) in [6.45, 7) is -0.261. The number of esters is 1. The number of carbonyl (C=O) groups excluding carboxylic acids is 3. The Bertz CT molecular complexity index is 535. The molecule has 1 aliphatic heterocycles. The summed E-state index contributed by atoms with van der Waals surface area (Å²) in [6.07, 6.45) is 0. The Morgan fingerprint density at radius 1 is 1.38 bits per heavy atom. The van der Waals surface area contributed by atoms with Crippen LogP contribution in [0.25, 0.3) is 0 Å². The van der Waals surface area contributed by atoms with Gasteiger partial charge in [-0.2, -0.15) is 0 Å². The Kier molecular flexibility index (Phi) is 5.21. The molecule has 6 nitrogen and oxygen atoms in total. The van der Waals surface area contributed by atoms with Crippen molar-refractivity contribution < 1.29 is 19.1 Å². The Hall–Kier alpha value is -2.02. The van der Waals surface area contributed by atoms with E-state index in [1.54, 1.807) is 0 Å². The number of rotatable bonds is 5. The average Bonchev–Trinajstić information content (AvgIpc) is 2.87. The first-order valence-electron chi connectivity index (χ1n) is 6.41. The highest BCUT2D eigenvalue weighted by Crippen LogP contribution is 2.37. The van der Waals surface area contributed by atoms with Crippen LogP contribution in [0.3, 0.4) is 0 Å². The fraction of sp³-hybridized carbons (Fsp3) is 0.357. The molecule has 1 unspecified atom stereocenters. The molecule has 0 radical (unpaired) electrons. The van der Waals surface area contributed by atoms with E-state index in [4.69, 9.17) is 0 Å². The Labute approximate surface area is 126 Å². The summed E-state index contributed by atoms with van der Waals surface area (Å²) in [4.78, 5) is 36.2. The van der Waals surface area contributed by atoms with Crippen LogP contribution in [0.4, 0.5) is 0 Å². The normalized spacial score (nSPS) is 17.7. The molecule has 1 atom stereocenters. The minimum absolute atomic E-state index is 0.0671. The first kappa shape index (κ1) is 15.4. The van der Waals surface area contributed by atoms with Crippen LogP contribution in [-0.4, -0.2) is 48.6 Å². The Morgan fingerprint density at radius 2 is 2.10 bits per heavy atom. The molecule has 1 aliphatic rings. The van der Waals surface area contributed by atoms with Crippen LogP contribution in [0, 0.1) is 0 Å². The highest BCUT2D eigenvalue weighted by Gasteiger charge is 2.33. The summed E-state index contributed by atoms with van der Waals surface area (Å²) in [5.74, 6) is -0.631. The third-order valence-electron chi connectivity index (χ3n) is 3.02. The fourth-order valence-corrected chi connectivity index (χ4v) is 3.16. The van der Waals surface area contributed by atoms with Gasteiger partial charge in [0, 0.05) is 0 Å². The largest absolute Gasteiger partial charge is 0.468 e. The maximum Gasteiger partial charge on any atom is 0.325 e. The van der Waals surface area contributed by atoms with Crippen molar-refractivity contribution in [1.82, 2.24) is 10.2 Å². The number of hydrogen-bond acceptors (Lipinski definition) is 5. The predicted molar refractivity (Wildman–Crippen MR) is 78.4 cm³/mol. The average molecular weight is 308 g/mol. The molecule has 1 heterocycles. The van der Waals surface area contributed by atoms with Gasteiger partial charge in [0.15, 0.2) is 0 Å². The van der Waals surface area contributed by atoms with E-state index in [-0.39, 0.29) is 30.3 Å². The van der Waals surface area contributed by atoms with Crippen LogP contribution in [0.2, 0.25) is 0 Å². The minimum Gasteiger partial charge on any atom is -0.468 e. The van der Waals surface area contributed by atoms with E-state index in [0.29, 0.717) is 5.75 Å². The van der Waals surface area contributed by atoms with Crippen molar-refractivity contribution in [3.63, 3.8) is 0 Å². The van der Waals surface area contributed by atoms with Gasteiger partial charge in [0.05, 0.1) is 12.9 Å². The van der Waals surface area contributed by atoms with Gasteiger partial charge < -0.3 is 15.0 Å². The van der Waals surface area contributed by atoms with Gasteiger partial charge in [-0.25, -0.2) is 0 Å². The molecule has 0 spiro atoms. The molecule has 7 heteroatoms. The van der Waals surface area contributed by atoms with E-state index < -0.39 is 5.97 Å². The van der Waals surface area contributed by atoms with Crippen LogP contribution in [0.5, 0.6) is 0 Å². The molecule has 1 saturated heterocycles. The molecule has 2 amide bonds. The first-order valence-corrected chi connectivity index (χ1v) is 7.46. The van der Waals surface area contributed by atoms with Crippen molar-refractivity contribution in [3.8, 4) is 0 Å². The number of nitrogens with zero attached hydrogens (tertiary/aromatic N) is 1. The zero-order valence-electron chi connectivity index (χ0n) is 11.6. The van der Waals surface area contributed by atoms with Crippen molar-refractivity contribution in [2.24, 2.45) is 0 Å². The number of amides is 2. The minimum atomic E-state index is -0.523. The summed E-state index contributed by atoms with van der Waals surface area (Å²) in [5, 5.41) is 2.27. The van der Waals surface area contributed by atoms with E-state index in [9.17, 15) is 14.4 Å². The van der Waals surface area contributed by atoms with Gasteiger partial charge in [-0.05, 0) is 5.56 Å². The monoisotopic (exact) mass is 308 g/mol. The Balaban J connectivity index is 1.98. The predicted octanol–water partition coefficient (Wildman–Crippen LogP) is 0.550. The van der Waals surface area contributed by atoms with E-state index in [0.717, 1.165) is 5.56 Å². The molecule has 1 fully saturated rings. The van der Waals surface area contributed by atoms with Crippen molar-refractivity contribution in [2.45, 2.75) is 5.37 Å².